The van der Waals surface area contributed by atoms with E-state index < -0.39 is 0 Å². The molecule has 3 heteroatoms. The van der Waals surface area contributed by atoms with Crippen LogP contribution in [0.1, 0.15) is 18.9 Å². The van der Waals surface area contributed by atoms with E-state index in [9.17, 15) is 0 Å². The molecule has 0 aliphatic heterocycles. The monoisotopic (exact) mass is 304 g/mol. The van der Waals surface area contributed by atoms with Crippen LogP contribution in [0.4, 0.5) is 0 Å². The summed E-state index contributed by atoms with van der Waals surface area (Å²) >= 11 is 0. The number of benzene rings is 1. The lowest BCUT2D eigenvalue weighted by Gasteiger charge is -2.07. The van der Waals surface area contributed by atoms with Gasteiger partial charge in [0.15, 0.2) is 0 Å². The Labute approximate surface area is 103 Å². The van der Waals surface area contributed by atoms with Crippen LogP contribution in [0.25, 0.3) is 0 Å². The van der Waals surface area contributed by atoms with Gasteiger partial charge in [0.1, 0.15) is 5.84 Å². The van der Waals surface area contributed by atoms with Gasteiger partial charge in [-0.15, -0.1) is 24.0 Å². The number of nitrogens with one attached hydrogen (secondary N) is 1. The second kappa shape index (κ2) is 7.79. The fraction of sp³-hybridized carbons (Fsp3) is 0.364. The van der Waals surface area contributed by atoms with Crippen LogP contribution in [0.2, 0.25) is 0 Å². The number of hydrogen-bond acceptors (Lipinski definition) is 1. The van der Waals surface area contributed by atoms with Crippen molar-refractivity contribution in [3.8, 4) is 0 Å². The molecule has 0 aromatic heterocycles. The van der Waals surface area contributed by atoms with E-state index in [-0.39, 0.29) is 24.0 Å². The predicted molar refractivity (Wildman–Crippen MR) is 72.6 cm³/mol. The van der Waals surface area contributed by atoms with Gasteiger partial charge in [0, 0.05) is 19.2 Å². The third kappa shape index (κ3) is 4.09. The highest BCUT2D eigenvalue weighted by atomic mass is 127. The Hall–Kier alpha value is -0.580. The summed E-state index contributed by atoms with van der Waals surface area (Å²) in [6, 6.07) is 10.2. The molecule has 0 aliphatic rings. The lowest BCUT2D eigenvalue weighted by molar-refractivity contribution is 0.838. The fourth-order valence-corrected chi connectivity index (χ4v) is 1.15. The molecule has 0 aliphatic carbocycles. The van der Waals surface area contributed by atoms with E-state index in [1.54, 1.807) is 0 Å². The number of amidine groups is 1. The Morgan fingerprint density at radius 2 is 1.93 bits per heavy atom. The normalized spacial score (nSPS) is 10.6. The van der Waals surface area contributed by atoms with Crippen LogP contribution >= 0.6 is 24.0 Å². The maximum absolute atomic E-state index is 4.20. The van der Waals surface area contributed by atoms with Gasteiger partial charge in [-0.25, -0.2) is 0 Å². The van der Waals surface area contributed by atoms with Gasteiger partial charge >= 0.3 is 0 Å². The maximum Gasteiger partial charge on any atom is 0.127 e. The van der Waals surface area contributed by atoms with E-state index in [4.69, 9.17) is 0 Å². The van der Waals surface area contributed by atoms with Gasteiger partial charge < -0.3 is 5.32 Å². The van der Waals surface area contributed by atoms with E-state index >= 15 is 0 Å². The highest BCUT2D eigenvalue weighted by Gasteiger charge is 1.98. The predicted octanol–water partition coefficient (Wildman–Crippen LogP) is 2.68. The molecule has 14 heavy (non-hydrogen) atoms. The van der Waals surface area contributed by atoms with Crippen molar-refractivity contribution < 1.29 is 0 Å². The van der Waals surface area contributed by atoms with Crippen LogP contribution < -0.4 is 5.32 Å². The summed E-state index contributed by atoms with van der Waals surface area (Å²) in [6.45, 7) is 3.12. The van der Waals surface area contributed by atoms with Gasteiger partial charge in [0.25, 0.3) is 0 Å². The van der Waals surface area contributed by atoms with Crippen LogP contribution in [0.3, 0.4) is 0 Å². The standard InChI is InChI=1S/C11H16N2.HI/c1-3-9-13-11(12-2)10-7-5-4-6-8-10;/h4-8H,3,9H2,1-2H3,(H,12,13);1H. The summed E-state index contributed by atoms with van der Waals surface area (Å²) in [5.74, 6) is 0.974. The van der Waals surface area contributed by atoms with Crippen molar-refractivity contribution in [3.05, 3.63) is 35.9 Å². The molecular formula is C11H17IN2. The molecule has 0 bridgehead atoms. The molecule has 1 rings (SSSR count). The molecule has 0 saturated heterocycles. The summed E-state index contributed by atoms with van der Waals surface area (Å²) in [5.41, 5.74) is 1.15. The zero-order valence-electron chi connectivity index (χ0n) is 8.66. The molecule has 0 unspecified atom stereocenters. The van der Waals surface area contributed by atoms with E-state index in [1.807, 2.05) is 25.2 Å². The first-order valence-electron chi connectivity index (χ1n) is 4.64. The first-order valence-corrected chi connectivity index (χ1v) is 4.64. The molecule has 0 atom stereocenters. The molecule has 0 heterocycles. The number of rotatable bonds is 3. The van der Waals surface area contributed by atoms with Gasteiger partial charge in [-0.3, -0.25) is 4.99 Å². The highest BCUT2D eigenvalue weighted by Crippen LogP contribution is 1.98. The summed E-state index contributed by atoms with van der Waals surface area (Å²) in [6.07, 6.45) is 1.12. The Morgan fingerprint density at radius 1 is 1.29 bits per heavy atom. The van der Waals surface area contributed by atoms with Gasteiger partial charge in [-0.2, -0.15) is 0 Å². The molecule has 2 nitrogen and oxygen atoms in total. The molecule has 0 spiro atoms. The molecule has 1 aromatic rings. The summed E-state index contributed by atoms with van der Waals surface area (Å²) in [7, 11) is 1.81. The molecule has 0 radical (unpaired) electrons. The van der Waals surface area contributed by atoms with Crippen LogP contribution in [-0.2, 0) is 0 Å². The van der Waals surface area contributed by atoms with Crippen molar-refractivity contribution in [2.45, 2.75) is 13.3 Å². The summed E-state index contributed by atoms with van der Waals surface area (Å²) < 4.78 is 0. The molecule has 1 N–H and O–H groups in total. The Bertz CT molecular complexity index is 270. The third-order valence-electron chi connectivity index (χ3n) is 1.81. The summed E-state index contributed by atoms with van der Waals surface area (Å²) in [4.78, 5) is 4.20. The smallest absolute Gasteiger partial charge is 0.127 e. The largest absolute Gasteiger partial charge is 0.370 e. The Morgan fingerprint density at radius 3 is 2.43 bits per heavy atom. The van der Waals surface area contributed by atoms with Crippen LogP contribution in [0.15, 0.2) is 35.3 Å². The van der Waals surface area contributed by atoms with E-state index in [0.717, 1.165) is 24.4 Å². The number of aliphatic imine (C=N–C) groups is 1. The lowest BCUT2D eigenvalue weighted by atomic mass is 10.2. The lowest BCUT2D eigenvalue weighted by Crippen LogP contribution is -2.24. The first kappa shape index (κ1) is 13.4. The molecule has 0 fully saturated rings. The van der Waals surface area contributed by atoms with E-state index in [1.165, 1.54) is 0 Å². The molecule has 78 valence electrons. The van der Waals surface area contributed by atoms with E-state index in [0.29, 0.717) is 0 Å². The van der Waals surface area contributed by atoms with Crippen LogP contribution in [0.5, 0.6) is 0 Å². The third-order valence-corrected chi connectivity index (χ3v) is 1.81. The second-order valence-electron chi connectivity index (χ2n) is 2.87. The van der Waals surface area contributed by atoms with Crippen molar-refractivity contribution in [3.63, 3.8) is 0 Å². The minimum Gasteiger partial charge on any atom is -0.370 e. The number of nitrogens with zero attached hydrogens (tertiary/aromatic N) is 1. The van der Waals surface area contributed by atoms with Gasteiger partial charge in [-0.05, 0) is 6.42 Å². The highest BCUT2D eigenvalue weighted by molar-refractivity contribution is 14.0. The van der Waals surface area contributed by atoms with Crippen molar-refractivity contribution in [1.82, 2.24) is 5.32 Å². The quantitative estimate of drug-likeness (QED) is 0.518. The van der Waals surface area contributed by atoms with Crippen molar-refractivity contribution in [2.24, 2.45) is 4.99 Å². The molecule has 0 amide bonds. The van der Waals surface area contributed by atoms with Crippen molar-refractivity contribution in [2.75, 3.05) is 13.6 Å². The van der Waals surface area contributed by atoms with Crippen molar-refractivity contribution >= 4 is 29.8 Å². The average molecular weight is 304 g/mol. The van der Waals surface area contributed by atoms with Gasteiger partial charge in [-0.1, -0.05) is 37.3 Å². The molecule has 0 saturated carbocycles. The maximum atomic E-state index is 4.20. The Kier molecular flexibility index (Phi) is 7.47. The number of hydrogen-bond donors (Lipinski definition) is 1. The second-order valence-corrected chi connectivity index (χ2v) is 2.87. The fourth-order valence-electron chi connectivity index (χ4n) is 1.15. The minimum atomic E-state index is 0. The molecule has 1 aromatic carbocycles. The van der Waals surface area contributed by atoms with Gasteiger partial charge in [0.2, 0.25) is 0 Å². The van der Waals surface area contributed by atoms with E-state index in [2.05, 4.69) is 29.4 Å². The van der Waals surface area contributed by atoms with Crippen LogP contribution in [-0.4, -0.2) is 19.4 Å². The topological polar surface area (TPSA) is 24.4 Å². The average Bonchev–Trinajstić information content (AvgIpc) is 2.21. The summed E-state index contributed by atoms with van der Waals surface area (Å²) in [5, 5.41) is 3.29. The van der Waals surface area contributed by atoms with Crippen LogP contribution in [0, 0.1) is 0 Å². The van der Waals surface area contributed by atoms with Crippen molar-refractivity contribution in [1.29, 1.82) is 0 Å². The Balaban J connectivity index is 0.00000169. The first-order chi connectivity index (χ1) is 6.38. The zero-order valence-corrected chi connectivity index (χ0v) is 11.0. The molecular weight excluding hydrogens is 287 g/mol. The SMILES string of the molecule is CCCNC(=NC)c1ccccc1.I. The zero-order chi connectivity index (χ0) is 9.52. The minimum absolute atomic E-state index is 0. The number of halogens is 1. The van der Waals surface area contributed by atoms with Gasteiger partial charge in [0.05, 0.1) is 0 Å².